The minimum absolute atomic E-state index is 0.606. The molecule has 2 aromatic rings. The Kier molecular flexibility index (Phi) is 4.55. The number of thioether (sulfide) groups is 1. The summed E-state index contributed by atoms with van der Waals surface area (Å²) in [6, 6.07) is 8.02. The van der Waals surface area contributed by atoms with E-state index in [0.717, 1.165) is 28.3 Å². The van der Waals surface area contributed by atoms with Gasteiger partial charge in [0.25, 0.3) is 0 Å². The standard InChI is InChI=1S/C15H15BrN2O2S/c1-21-14-7-13-12(19-4-5-20-13)6-10(14)8-17-11-2-3-15(16)18-9-11/h2-3,6-7,9,17H,4-5,8H2,1H3. The third-order valence-electron chi connectivity index (χ3n) is 3.16. The molecule has 1 aliphatic rings. The maximum absolute atomic E-state index is 5.65. The molecular weight excluding hydrogens is 352 g/mol. The van der Waals surface area contributed by atoms with E-state index in [1.165, 1.54) is 10.5 Å². The topological polar surface area (TPSA) is 43.4 Å². The number of benzene rings is 1. The number of anilines is 1. The Hall–Kier alpha value is -1.40. The fraction of sp³-hybridized carbons (Fsp3) is 0.267. The zero-order chi connectivity index (χ0) is 14.7. The zero-order valence-electron chi connectivity index (χ0n) is 11.6. The van der Waals surface area contributed by atoms with Gasteiger partial charge in [0, 0.05) is 11.4 Å². The van der Waals surface area contributed by atoms with Crippen LogP contribution in [0.3, 0.4) is 0 Å². The van der Waals surface area contributed by atoms with E-state index in [9.17, 15) is 0 Å². The van der Waals surface area contributed by atoms with Crippen LogP contribution in [0.1, 0.15) is 5.56 Å². The minimum atomic E-state index is 0.606. The number of nitrogens with one attached hydrogen (secondary N) is 1. The molecule has 21 heavy (non-hydrogen) atoms. The molecule has 0 radical (unpaired) electrons. The van der Waals surface area contributed by atoms with Gasteiger partial charge in [-0.05, 0) is 52.0 Å². The number of pyridine rings is 1. The predicted octanol–water partition coefficient (Wildman–Crippen LogP) is 3.95. The molecular formula is C15H15BrN2O2S. The van der Waals surface area contributed by atoms with E-state index in [2.05, 4.69) is 44.6 Å². The van der Waals surface area contributed by atoms with Crippen LogP contribution in [0.15, 0.2) is 40.0 Å². The van der Waals surface area contributed by atoms with Crippen LogP contribution < -0.4 is 14.8 Å². The summed E-state index contributed by atoms with van der Waals surface area (Å²) in [6.07, 6.45) is 3.87. The molecule has 0 bridgehead atoms. The average Bonchev–Trinajstić information content (AvgIpc) is 2.53. The molecule has 1 aromatic heterocycles. The molecule has 0 fully saturated rings. The van der Waals surface area contributed by atoms with Gasteiger partial charge < -0.3 is 14.8 Å². The number of hydrogen-bond donors (Lipinski definition) is 1. The van der Waals surface area contributed by atoms with Gasteiger partial charge in [0.15, 0.2) is 11.5 Å². The van der Waals surface area contributed by atoms with Crippen LogP contribution in [0.25, 0.3) is 0 Å². The Bertz CT molecular complexity index is 634. The summed E-state index contributed by atoms with van der Waals surface area (Å²) < 4.78 is 12.1. The van der Waals surface area contributed by atoms with Crippen LogP contribution in [0, 0.1) is 0 Å². The lowest BCUT2D eigenvalue weighted by atomic mass is 10.2. The van der Waals surface area contributed by atoms with Crippen LogP contribution in [0.5, 0.6) is 11.5 Å². The summed E-state index contributed by atoms with van der Waals surface area (Å²) in [5.74, 6) is 1.66. The van der Waals surface area contributed by atoms with Crippen molar-refractivity contribution in [1.82, 2.24) is 4.98 Å². The van der Waals surface area contributed by atoms with Crippen molar-refractivity contribution < 1.29 is 9.47 Å². The van der Waals surface area contributed by atoms with Crippen molar-refractivity contribution in [3.05, 3.63) is 40.6 Å². The highest BCUT2D eigenvalue weighted by molar-refractivity contribution is 9.10. The van der Waals surface area contributed by atoms with Gasteiger partial charge in [-0.1, -0.05) is 0 Å². The Morgan fingerprint density at radius 3 is 2.67 bits per heavy atom. The summed E-state index contributed by atoms with van der Waals surface area (Å²) in [4.78, 5) is 5.40. The van der Waals surface area contributed by atoms with E-state index in [4.69, 9.17) is 9.47 Å². The Morgan fingerprint density at radius 2 is 2.00 bits per heavy atom. The molecule has 0 spiro atoms. The van der Waals surface area contributed by atoms with Gasteiger partial charge >= 0.3 is 0 Å². The van der Waals surface area contributed by atoms with Crippen molar-refractivity contribution in [2.45, 2.75) is 11.4 Å². The number of nitrogens with zero attached hydrogens (tertiary/aromatic N) is 1. The summed E-state index contributed by atoms with van der Waals surface area (Å²) in [5, 5.41) is 3.38. The molecule has 0 amide bonds. The smallest absolute Gasteiger partial charge is 0.162 e. The molecule has 1 N–H and O–H groups in total. The highest BCUT2D eigenvalue weighted by Gasteiger charge is 2.15. The first-order valence-corrected chi connectivity index (χ1v) is 8.60. The van der Waals surface area contributed by atoms with Crippen molar-refractivity contribution in [3.8, 4) is 11.5 Å². The fourth-order valence-electron chi connectivity index (χ4n) is 2.12. The van der Waals surface area contributed by atoms with Crippen molar-refractivity contribution in [3.63, 3.8) is 0 Å². The van der Waals surface area contributed by atoms with Gasteiger partial charge in [-0.15, -0.1) is 11.8 Å². The van der Waals surface area contributed by atoms with Crippen molar-refractivity contribution in [1.29, 1.82) is 0 Å². The second-order valence-electron chi connectivity index (χ2n) is 4.53. The minimum Gasteiger partial charge on any atom is -0.486 e. The molecule has 4 nitrogen and oxygen atoms in total. The largest absolute Gasteiger partial charge is 0.486 e. The van der Waals surface area contributed by atoms with Crippen molar-refractivity contribution in [2.24, 2.45) is 0 Å². The Labute approximate surface area is 136 Å². The monoisotopic (exact) mass is 366 g/mol. The van der Waals surface area contributed by atoms with E-state index in [1.807, 2.05) is 12.1 Å². The van der Waals surface area contributed by atoms with E-state index < -0.39 is 0 Å². The molecule has 110 valence electrons. The van der Waals surface area contributed by atoms with Gasteiger partial charge in [-0.3, -0.25) is 0 Å². The third-order valence-corrected chi connectivity index (χ3v) is 4.44. The number of fused-ring (bicyclic) bond motifs is 1. The molecule has 0 unspecified atom stereocenters. The van der Waals surface area contributed by atoms with Gasteiger partial charge in [0.05, 0.1) is 11.9 Å². The molecule has 1 aromatic carbocycles. The van der Waals surface area contributed by atoms with Crippen LogP contribution in [-0.4, -0.2) is 24.5 Å². The van der Waals surface area contributed by atoms with E-state index in [0.29, 0.717) is 13.2 Å². The summed E-state index contributed by atoms with van der Waals surface area (Å²) in [7, 11) is 0. The number of halogens is 1. The predicted molar refractivity (Wildman–Crippen MR) is 88.5 cm³/mol. The highest BCUT2D eigenvalue weighted by Crippen LogP contribution is 2.36. The third kappa shape index (κ3) is 3.44. The second kappa shape index (κ2) is 6.58. The molecule has 0 aliphatic carbocycles. The van der Waals surface area contributed by atoms with Crippen molar-refractivity contribution in [2.75, 3.05) is 24.8 Å². The van der Waals surface area contributed by atoms with Gasteiger partial charge in [0.1, 0.15) is 17.8 Å². The van der Waals surface area contributed by atoms with E-state index >= 15 is 0 Å². The lowest BCUT2D eigenvalue weighted by Crippen LogP contribution is -2.16. The molecule has 6 heteroatoms. The summed E-state index contributed by atoms with van der Waals surface area (Å²) >= 11 is 5.04. The molecule has 3 rings (SSSR count). The van der Waals surface area contributed by atoms with Crippen LogP contribution in [0.4, 0.5) is 5.69 Å². The van der Waals surface area contributed by atoms with Crippen LogP contribution >= 0.6 is 27.7 Å². The molecule has 1 aliphatic heterocycles. The van der Waals surface area contributed by atoms with Crippen LogP contribution in [0.2, 0.25) is 0 Å². The number of hydrogen-bond acceptors (Lipinski definition) is 5. The SMILES string of the molecule is CSc1cc2c(cc1CNc1ccc(Br)nc1)OCCO2. The van der Waals surface area contributed by atoms with E-state index in [1.54, 1.807) is 18.0 Å². The number of aromatic nitrogens is 1. The lowest BCUT2D eigenvalue weighted by molar-refractivity contribution is 0.171. The normalized spacial score (nSPS) is 13.0. The molecule has 0 saturated heterocycles. The quantitative estimate of drug-likeness (QED) is 0.655. The van der Waals surface area contributed by atoms with Crippen LogP contribution in [-0.2, 0) is 6.54 Å². The summed E-state index contributed by atoms with van der Waals surface area (Å²) in [6.45, 7) is 1.94. The Balaban J connectivity index is 1.79. The summed E-state index contributed by atoms with van der Waals surface area (Å²) in [5.41, 5.74) is 2.18. The van der Waals surface area contributed by atoms with E-state index in [-0.39, 0.29) is 0 Å². The van der Waals surface area contributed by atoms with Gasteiger partial charge in [-0.25, -0.2) is 4.98 Å². The first-order chi connectivity index (χ1) is 10.3. The first kappa shape index (κ1) is 14.5. The fourth-order valence-corrected chi connectivity index (χ4v) is 2.97. The van der Waals surface area contributed by atoms with Gasteiger partial charge in [-0.2, -0.15) is 0 Å². The van der Waals surface area contributed by atoms with Crippen molar-refractivity contribution >= 4 is 33.4 Å². The molecule has 2 heterocycles. The Morgan fingerprint density at radius 1 is 1.24 bits per heavy atom. The maximum Gasteiger partial charge on any atom is 0.162 e. The first-order valence-electron chi connectivity index (χ1n) is 6.58. The maximum atomic E-state index is 5.65. The molecule has 0 saturated carbocycles. The zero-order valence-corrected chi connectivity index (χ0v) is 14.0. The highest BCUT2D eigenvalue weighted by atomic mass is 79.9. The second-order valence-corrected chi connectivity index (χ2v) is 6.19. The molecule has 0 atom stereocenters. The van der Waals surface area contributed by atoms with Gasteiger partial charge in [0.2, 0.25) is 0 Å². The average molecular weight is 367 g/mol. The number of ether oxygens (including phenoxy) is 2. The number of rotatable bonds is 4. The lowest BCUT2D eigenvalue weighted by Gasteiger charge is -2.21.